The minimum atomic E-state index is -0.392. The average Bonchev–Trinajstić information content (AvgIpc) is 3.33. The molecule has 138 valence electrons. The molecule has 1 aromatic carbocycles. The average molecular weight is 381 g/mol. The van der Waals surface area contributed by atoms with Gasteiger partial charge in [0.05, 0.1) is 24.0 Å². The molecule has 1 amide bonds. The number of hydrogen-bond acceptors (Lipinski definition) is 6. The summed E-state index contributed by atoms with van der Waals surface area (Å²) in [6, 6.07) is 15.1. The fourth-order valence-corrected chi connectivity index (χ4v) is 3.48. The van der Waals surface area contributed by atoms with Crippen LogP contribution in [-0.2, 0) is 11.8 Å². The van der Waals surface area contributed by atoms with Crippen LogP contribution in [0.3, 0.4) is 0 Å². The number of hydrogen-bond donors (Lipinski definition) is 0. The predicted molar refractivity (Wildman–Crippen MR) is 103 cm³/mol. The van der Waals surface area contributed by atoms with Crippen molar-refractivity contribution < 1.29 is 9.21 Å². The maximum Gasteiger partial charge on any atom is 0.240 e. The zero-order chi connectivity index (χ0) is 19.2. The number of para-hydroxylation sites is 1. The summed E-state index contributed by atoms with van der Waals surface area (Å²) in [5.74, 6) is 1.14. The summed E-state index contributed by atoms with van der Waals surface area (Å²) in [7, 11) is 1.84. The van der Waals surface area contributed by atoms with Gasteiger partial charge in [0.1, 0.15) is 0 Å². The lowest BCUT2D eigenvalue weighted by Crippen LogP contribution is -2.37. The summed E-state index contributed by atoms with van der Waals surface area (Å²) in [5, 5.41) is 17.5. The molecule has 0 spiro atoms. The van der Waals surface area contributed by atoms with Crippen LogP contribution >= 0.6 is 11.8 Å². The zero-order valence-corrected chi connectivity index (χ0v) is 15.9. The maximum absolute atomic E-state index is 13.0. The highest BCUT2D eigenvalue weighted by Crippen LogP contribution is 2.28. The number of anilines is 1. The molecule has 0 aliphatic carbocycles. The Morgan fingerprint density at radius 1 is 1.30 bits per heavy atom. The Labute approximate surface area is 161 Å². The molecule has 0 fully saturated rings. The van der Waals surface area contributed by atoms with E-state index < -0.39 is 5.25 Å². The Morgan fingerprint density at radius 3 is 2.74 bits per heavy atom. The second-order valence-corrected chi connectivity index (χ2v) is 7.14. The fraction of sp³-hybridized carbons (Fsp3) is 0.263. The second-order valence-electron chi connectivity index (χ2n) is 5.84. The summed E-state index contributed by atoms with van der Waals surface area (Å²) in [6.07, 6.45) is 1.85. The van der Waals surface area contributed by atoms with Gasteiger partial charge in [0.25, 0.3) is 0 Å². The number of furan rings is 1. The first-order valence-corrected chi connectivity index (χ1v) is 9.33. The van der Waals surface area contributed by atoms with Gasteiger partial charge in [-0.25, -0.2) is 0 Å². The molecular formula is C19H19N5O2S. The van der Waals surface area contributed by atoms with Gasteiger partial charge in [-0.1, -0.05) is 30.0 Å². The van der Waals surface area contributed by atoms with Gasteiger partial charge in [0.2, 0.25) is 5.91 Å². The molecule has 0 bridgehead atoms. The van der Waals surface area contributed by atoms with Crippen molar-refractivity contribution in [1.29, 1.82) is 5.26 Å². The molecule has 0 aliphatic rings. The van der Waals surface area contributed by atoms with E-state index in [1.165, 1.54) is 11.8 Å². The van der Waals surface area contributed by atoms with Gasteiger partial charge in [-0.3, -0.25) is 4.79 Å². The monoisotopic (exact) mass is 381 g/mol. The van der Waals surface area contributed by atoms with Gasteiger partial charge in [0.15, 0.2) is 16.7 Å². The quantitative estimate of drug-likeness (QED) is 0.582. The molecule has 2 heterocycles. The highest BCUT2D eigenvalue weighted by atomic mass is 32.2. The van der Waals surface area contributed by atoms with Crippen LogP contribution in [0.25, 0.3) is 11.6 Å². The molecule has 2 aromatic heterocycles. The summed E-state index contributed by atoms with van der Waals surface area (Å²) in [6.45, 7) is 2.18. The van der Waals surface area contributed by atoms with Gasteiger partial charge in [-0.2, -0.15) is 5.26 Å². The second kappa shape index (κ2) is 8.56. The van der Waals surface area contributed by atoms with Crippen molar-refractivity contribution in [2.45, 2.75) is 23.8 Å². The molecule has 0 radical (unpaired) electrons. The van der Waals surface area contributed by atoms with Crippen LogP contribution < -0.4 is 4.90 Å². The molecule has 3 aromatic rings. The maximum atomic E-state index is 13.0. The van der Waals surface area contributed by atoms with Crippen molar-refractivity contribution in [1.82, 2.24) is 14.8 Å². The number of amides is 1. The Bertz CT molecular complexity index is 931. The number of benzene rings is 1. The van der Waals surface area contributed by atoms with Gasteiger partial charge < -0.3 is 13.9 Å². The van der Waals surface area contributed by atoms with E-state index in [1.54, 1.807) is 21.8 Å². The molecule has 0 saturated carbocycles. The fourth-order valence-electron chi connectivity index (χ4n) is 2.60. The minimum absolute atomic E-state index is 0.0796. The van der Waals surface area contributed by atoms with E-state index in [1.807, 2.05) is 50.4 Å². The van der Waals surface area contributed by atoms with Crippen molar-refractivity contribution in [3.8, 4) is 17.7 Å². The largest absolute Gasteiger partial charge is 0.461 e. The third-order valence-corrected chi connectivity index (χ3v) is 5.11. The van der Waals surface area contributed by atoms with E-state index >= 15 is 0 Å². The predicted octanol–water partition coefficient (Wildman–Crippen LogP) is 3.50. The van der Waals surface area contributed by atoms with E-state index in [2.05, 4.69) is 16.3 Å². The van der Waals surface area contributed by atoms with Gasteiger partial charge in [-0.05, 0) is 31.2 Å². The lowest BCUT2D eigenvalue weighted by Gasteiger charge is -2.24. The smallest absolute Gasteiger partial charge is 0.240 e. The molecule has 1 unspecified atom stereocenters. The minimum Gasteiger partial charge on any atom is -0.461 e. The zero-order valence-electron chi connectivity index (χ0n) is 15.1. The lowest BCUT2D eigenvalue weighted by molar-refractivity contribution is -0.117. The van der Waals surface area contributed by atoms with Gasteiger partial charge in [0, 0.05) is 19.3 Å². The highest BCUT2D eigenvalue weighted by molar-refractivity contribution is 8.00. The number of carbonyl (C=O) groups is 1. The molecule has 27 heavy (non-hydrogen) atoms. The summed E-state index contributed by atoms with van der Waals surface area (Å²) >= 11 is 1.33. The molecule has 0 saturated heterocycles. The Morgan fingerprint density at radius 2 is 2.07 bits per heavy atom. The van der Waals surface area contributed by atoms with E-state index in [-0.39, 0.29) is 12.3 Å². The lowest BCUT2D eigenvalue weighted by atomic mass is 10.2. The molecule has 0 aliphatic heterocycles. The molecule has 1 atom stereocenters. The standard InChI is InChI=1S/C19H19N5O2S/c1-14(18(25)24(12-7-11-20)15-8-4-3-5-9-15)27-19-22-21-17(23(19)2)16-10-6-13-26-16/h3-6,8-10,13-14H,7,12H2,1-2H3. The summed E-state index contributed by atoms with van der Waals surface area (Å²) in [4.78, 5) is 14.7. The van der Waals surface area contributed by atoms with Crippen molar-refractivity contribution in [3.05, 3.63) is 48.7 Å². The van der Waals surface area contributed by atoms with E-state index in [9.17, 15) is 4.79 Å². The third kappa shape index (κ3) is 4.20. The van der Waals surface area contributed by atoms with Gasteiger partial charge in [-0.15, -0.1) is 10.2 Å². The van der Waals surface area contributed by atoms with Crippen molar-refractivity contribution in [2.75, 3.05) is 11.4 Å². The van der Waals surface area contributed by atoms with Crippen LogP contribution in [0.4, 0.5) is 5.69 Å². The van der Waals surface area contributed by atoms with E-state index in [4.69, 9.17) is 9.68 Å². The number of carbonyl (C=O) groups excluding carboxylic acids is 1. The van der Waals surface area contributed by atoms with E-state index in [0.717, 1.165) is 5.69 Å². The highest BCUT2D eigenvalue weighted by Gasteiger charge is 2.25. The van der Waals surface area contributed by atoms with Crippen LogP contribution in [0.1, 0.15) is 13.3 Å². The first-order valence-electron chi connectivity index (χ1n) is 8.45. The van der Waals surface area contributed by atoms with Crippen LogP contribution in [0.2, 0.25) is 0 Å². The van der Waals surface area contributed by atoms with Crippen LogP contribution in [-0.4, -0.2) is 32.5 Å². The third-order valence-electron chi connectivity index (χ3n) is 3.99. The van der Waals surface area contributed by atoms with Crippen molar-refractivity contribution in [2.24, 2.45) is 7.05 Å². The van der Waals surface area contributed by atoms with Crippen LogP contribution in [0.5, 0.6) is 0 Å². The Balaban J connectivity index is 1.77. The normalized spacial score (nSPS) is 11.7. The number of nitriles is 1. The Kier molecular flexibility index (Phi) is 5.94. The first-order chi connectivity index (χ1) is 13.1. The van der Waals surface area contributed by atoms with E-state index in [0.29, 0.717) is 23.3 Å². The Hall–Kier alpha value is -3.05. The number of thioether (sulfide) groups is 1. The molecule has 8 heteroatoms. The summed E-state index contributed by atoms with van der Waals surface area (Å²) in [5.41, 5.74) is 0.777. The molecule has 3 rings (SSSR count). The number of nitrogens with zero attached hydrogens (tertiary/aromatic N) is 5. The van der Waals surface area contributed by atoms with Crippen LogP contribution in [0, 0.1) is 11.3 Å². The summed E-state index contributed by atoms with van der Waals surface area (Å²) < 4.78 is 7.17. The topological polar surface area (TPSA) is 87.9 Å². The van der Waals surface area contributed by atoms with Crippen molar-refractivity contribution in [3.63, 3.8) is 0 Å². The molecule has 0 N–H and O–H groups in total. The van der Waals surface area contributed by atoms with Crippen LogP contribution in [0.15, 0.2) is 58.3 Å². The molecular weight excluding hydrogens is 362 g/mol. The number of rotatable bonds is 7. The SMILES string of the molecule is CC(Sc1nnc(-c2ccco2)n1C)C(=O)N(CCC#N)c1ccccc1. The first kappa shape index (κ1) is 18.7. The van der Waals surface area contributed by atoms with Gasteiger partial charge >= 0.3 is 0 Å². The van der Waals surface area contributed by atoms with Crippen molar-refractivity contribution >= 4 is 23.4 Å². The molecule has 7 nitrogen and oxygen atoms in total. The number of aromatic nitrogens is 3.